The second kappa shape index (κ2) is 8.72. The van der Waals surface area contributed by atoms with Crippen LogP contribution in [0.15, 0.2) is 72.8 Å². The van der Waals surface area contributed by atoms with Gasteiger partial charge in [0.25, 0.3) is 5.91 Å². The fourth-order valence-corrected chi connectivity index (χ4v) is 3.13. The monoisotopic (exact) mass is 401 g/mol. The highest BCUT2D eigenvalue weighted by Crippen LogP contribution is 2.21. The SMILES string of the molecule is CC(C)(C)OC(=O)C(=[N+]=[N-])[C@@H](NC(=O)c1cccc2ccccc12)c1ccccc1. The zero-order chi connectivity index (χ0) is 21.7. The van der Waals surface area contributed by atoms with Gasteiger partial charge in [-0.25, -0.2) is 4.79 Å². The predicted octanol–water partition coefficient (Wildman–Crippen LogP) is 4.32. The van der Waals surface area contributed by atoms with Gasteiger partial charge in [-0.1, -0.05) is 66.7 Å². The Morgan fingerprint density at radius 3 is 2.23 bits per heavy atom. The minimum Gasteiger partial charge on any atom is -0.451 e. The van der Waals surface area contributed by atoms with Gasteiger partial charge < -0.3 is 15.6 Å². The van der Waals surface area contributed by atoms with Crippen molar-refractivity contribution in [1.82, 2.24) is 5.32 Å². The quantitative estimate of drug-likeness (QED) is 0.299. The molecule has 30 heavy (non-hydrogen) atoms. The number of carbonyl (C=O) groups excluding carboxylic acids is 2. The predicted molar refractivity (Wildman–Crippen MR) is 115 cm³/mol. The molecule has 0 aromatic heterocycles. The molecule has 0 saturated heterocycles. The lowest BCUT2D eigenvalue weighted by atomic mass is 9.99. The Bertz CT molecular complexity index is 1120. The van der Waals surface area contributed by atoms with Crippen molar-refractivity contribution in [3.8, 4) is 0 Å². The van der Waals surface area contributed by atoms with Gasteiger partial charge in [0.2, 0.25) is 0 Å². The molecule has 1 atom stereocenters. The Hall–Kier alpha value is -3.76. The van der Waals surface area contributed by atoms with Gasteiger partial charge in [-0.2, -0.15) is 4.79 Å². The topological polar surface area (TPSA) is 91.8 Å². The van der Waals surface area contributed by atoms with E-state index in [0.717, 1.165) is 10.8 Å². The van der Waals surface area contributed by atoms with Crippen LogP contribution in [0.25, 0.3) is 16.3 Å². The number of nitrogens with zero attached hydrogens (tertiary/aromatic N) is 2. The summed E-state index contributed by atoms with van der Waals surface area (Å²) in [5.74, 6) is -1.21. The van der Waals surface area contributed by atoms with Gasteiger partial charge in [0.1, 0.15) is 5.60 Å². The van der Waals surface area contributed by atoms with Gasteiger partial charge in [-0.05, 0) is 43.2 Å². The highest BCUT2D eigenvalue weighted by molar-refractivity contribution is 6.36. The molecule has 0 aliphatic carbocycles. The molecule has 0 unspecified atom stereocenters. The van der Waals surface area contributed by atoms with Crippen molar-refractivity contribution >= 4 is 28.4 Å². The summed E-state index contributed by atoms with van der Waals surface area (Å²) in [5.41, 5.74) is 9.57. The largest absolute Gasteiger partial charge is 0.451 e. The molecule has 0 radical (unpaired) electrons. The van der Waals surface area contributed by atoms with Crippen molar-refractivity contribution in [2.75, 3.05) is 0 Å². The zero-order valence-electron chi connectivity index (χ0n) is 17.1. The smallest absolute Gasteiger partial charge is 0.420 e. The summed E-state index contributed by atoms with van der Waals surface area (Å²) in [6.07, 6.45) is 0. The van der Waals surface area contributed by atoms with E-state index >= 15 is 0 Å². The third-order valence-corrected chi connectivity index (χ3v) is 4.43. The molecule has 1 N–H and O–H groups in total. The highest BCUT2D eigenvalue weighted by Gasteiger charge is 2.37. The molecule has 0 spiro atoms. The van der Waals surface area contributed by atoms with Crippen molar-refractivity contribution in [2.45, 2.75) is 32.4 Å². The number of amides is 1. The van der Waals surface area contributed by atoms with Gasteiger partial charge in [-0.15, -0.1) is 0 Å². The Morgan fingerprint density at radius 2 is 1.57 bits per heavy atom. The number of rotatable bonds is 5. The second-order valence-corrected chi connectivity index (χ2v) is 7.83. The van der Waals surface area contributed by atoms with Crippen molar-refractivity contribution in [3.05, 3.63) is 89.5 Å². The van der Waals surface area contributed by atoms with E-state index in [1.54, 1.807) is 57.2 Å². The minimum atomic E-state index is -0.988. The van der Waals surface area contributed by atoms with Gasteiger partial charge >= 0.3 is 11.7 Å². The Kier molecular flexibility index (Phi) is 6.09. The molecule has 6 nitrogen and oxygen atoms in total. The molecule has 0 aliphatic rings. The average molecular weight is 401 g/mol. The van der Waals surface area contributed by atoms with E-state index in [1.165, 1.54) is 0 Å². The van der Waals surface area contributed by atoms with Gasteiger partial charge in [0, 0.05) is 5.56 Å². The molecular weight excluding hydrogens is 378 g/mol. The first-order valence-corrected chi connectivity index (χ1v) is 9.59. The van der Waals surface area contributed by atoms with Crippen molar-refractivity contribution < 1.29 is 19.1 Å². The maximum atomic E-state index is 13.2. The summed E-state index contributed by atoms with van der Waals surface area (Å²) in [7, 11) is 0. The van der Waals surface area contributed by atoms with Crippen LogP contribution in [0, 0.1) is 0 Å². The summed E-state index contributed by atoms with van der Waals surface area (Å²) in [6.45, 7) is 5.14. The fraction of sp³-hybridized carbons (Fsp3) is 0.208. The normalized spacial score (nSPS) is 12.0. The Labute approximate surface area is 175 Å². The molecule has 0 aliphatic heterocycles. The van der Waals surface area contributed by atoms with E-state index in [-0.39, 0.29) is 5.71 Å². The minimum absolute atomic E-state index is 0.301. The third kappa shape index (κ3) is 4.80. The molecule has 0 fully saturated rings. The number of fused-ring (bicyclic) bond motifs is 1. The molecule has 6 heteroatoms. The summed E-state index contributed by atoms with van der Waals surface area (Å²) >= 11 is 0. The zero-order valence-corrected chi connectivity index (χ0v) is 17.1. The molecule has 0 bridgehead atoms. The highest BCUT2D eigenvalue weighted by atomic mass is 16.6. The number of ether oxygens (including phenoxy) is 1. The van der Waals surface area contributed by atoms with E-state index in [4.69, 9.17) is 4.74 Å². The maximum absolute atomic E-state index is 13.2. The number of esters is 1. The van der Waals surface area contributed by atoms with Crippen LogP contribution in [0.1, 0.15) is 42.7 Å². The first-order valence-electron chi connectivity index (χ1n) is 9.59. The molecule has 152 valence electrons. The third-order valence-electron chi connectivity index (χ3n) is 4.43. The van der Waals surface area contributed by atoms with Crippen LogP contribution in [0.5, 0.6) is 0 Å². The number of carbonyl (C=O) groups is 2. The van der Waals surface area contributed by atoms with Gasteiger partial charge in [0.05, 0.1) is 0 Å². The lowest BCUT2D eigenvalue weighted by Crippen LogP contribution is -2.40. The molecular formula is C24H23N3O3. The van der Waals surface area contributed by atoms with E-state index in [2.05, 4.69) is 10.1 Å². The van der Waals surface area contributed by atoms with Crippen molar-refractivity contribution in [3.63, 3.8) is 0 Å². The van der Waals surface area contributed by atoms with Crippen LogP contribution in [0.4, 0.5) is 0 Å². The molecule has 3 aromatic carbocycles. The molecule has 0 saturated carbocycles. The second-order valence-electron chi connectivity index (χ2n) is 7.83. The standard InChI is InChI=1S/C24H23N3O3/c1-24(2,3)30-23(29)21(27-25)20(17-11-5-4-6-12-17)26-22(28)19-15-9-13-16-10-7-8-14-18(16)19/h4-15,20H,1-3H3,(H,26,28)/t20-/m0/s1. The summed E-state index contributed by atoms with van der Waals surface area (Å²) in [6, 6.07) is 20.8. The van der Waals surface area contributed by atoms with Gasteiger partial charge in [-0.3, -0.25) is 4.79 Å². The van der Waals surface area contributed by atoms with Crippen molar-refractivity contribution in [1.29, 1.82) is 0 Å². The van der Waals surface area contributed by atoms with E-state index in [9.17, 15) is 15.1 Å². The van der Waals surface area contributed by atoms with Crippen LogP contribution in [0.3, 0.4) is 0 Å². The number of hydrogen-bond donors (Lipinski definition) is 1. The maximum Gasteiger partial charge on any atom is 0.420 e. The number of benzene rings is 3. The van der Waals surface area contributed by atoms with Crippen LogP contribution in [0.2, 0.25) is 0 Å². The number of hydrogen-bond acceptors (Lipinski definition) is 3. The van der Waals surface area contributed by atoms with Crippen LogP contribution < -0.4 is 5.32 Å². The average Bonchev–Trinajstić information content (AvgIpc) is 2.72. The first kappa shape index (κ1) is 21.0. The van der Waals surface area contributed by atoms with E-state index in [0.29, 0.717) is 11.1 Å². The van der Waals surface area contributed by atoms with E-state index in [1.807, 2.05) is 36.4 Å². The molecule has 3 rings (SSSR count). The molecule has 3 aromatic rings. The Balaban J connectivity index is 2.00. The fourth-order valence-electron chi connectivity index (χ4n) is 3.13. The summed E-state index contributed by atoms with van der Waals surface area (Å²) < 4.78 is 5.37. The van der Waals surface area contributed by atoms with E-state index < -0.39 is 23.5 Å². The number of nitrogens with one attached hydrogen (secondary N) is 1. The van der Waals surface area contributed by atoms with Gasteiger partial charge in [0.15, 0.2) is 6.04 Å². The van der Waals surface area contributed by atoms with Crippen LogP contribution >= 0.6 is 0 Å². The molecule has 1 amide bonds. The Morgan fingerprint density at radius 1 is 0.933 bits per heavy atom. The lowest BCUT2D eigenvalue weighted by Gasteiger charge is -2.20. The van der Waals surface area contributed by atoms with Crippen molar-refractivity contribution in [2.24, 2.45) is 0 Å². The first-order chi connectivity index (χ1) is 14.3. The summed E-state index contributed by atoms with van der Waals surface area (Å²) in [5, 5.41) is 4.53. The summed E-state index contributed by atoms with van der Waals surface area (Å²) in [4.78, 5) is 29.0. The van der Waals surface area contributed by atoms with Crippen LogP contribution in [-0.4, -0.2) is 28.0 Å². The lowest BCUT2D eigenvalue weighted by molar-refractivity contribution is -0.151. The van der Waals surface area contributed by atoms with Crippen LogP contribution in [-0.2, 0) is 9.53 Å². The molecule has 0 heterocycles.